The third-order valence-corrected chi connectivity index (χ3v) is 8.43. The number of rotatable bonds is 12. The van der Waals surface area contributed by atoms with E-state index in [9.17, 15) is 0 Å². The van der Waals surface area contributed by atoms with Crippen LogP contribution in [0.25, 0.3) is 0 Å². The van der Waals surface area contributed by atoms with E-state index in [0.717, 1.165) is 10.1 Å². The van der Waals surface area contributed by atoms with Gasteiger partial charge in [0, 0.05) is 4.20 Å². The summed E-state index contributed by atoms with van der Waals surface area (Å²) in [6.07, 6.45) is 11.3. The van der Waals surface area contributed by atoms with Gasteiger partial charge in [0.15, 0.2) is 0 Å². The first kappa shape index (κ1) is 24.5. The molecule has 0 aromatic heterocycles. The van der Waals surface area contributed by atoms with Crippen molar-refractivity contribution in [1.82, 2.24) is 0 Å². The van der Waals surface area contributed by atoms with Gasteiger partial charge >= 0.3 is 69.5 Å². The van der Waals surface area contributed by atoms with Crippen LogP contribution in [0.1, 0.15) is 86.0 Å². The second-order valence-corrected chi connectivity index (χ2v) is 12.5. The first-order chi connectivity index (χ1) is 10.0. The number of thioether (sulfide) groups is 1. The van der Waals surface area contributed by atoms with Gasteiger partial charge in [0.25, 0.3) is 0 Å². The quantitative estimate of drug-likeness (QED) is 0.177. The van der Waals surface area contributed by atoms with Crippen molar-refractivity contribution in [2.75, 3.05) is 5.75 Å². The number of hydrogen-bond donors (Lipinski definition) is 0. The Hall–Kier alpha value is 1.24. The molecule has 0 unspecified atom stereocenters. The van der Waals surface area contributed by atoms with Crippen LogP contribution in [0.15, 0.2) is 0 Å². The molecular formula is C18H38S2Sn. The summed E-state index contributed by atoms with van der Waals surface area (Å²) in [5, 5.41) is 0. The van der Waals surface area contributed by atoms with Gasteiger partial charge in [-0.3, -0.25) is 0 Å². The molecule has 0 heterocycles. The summed E-state index contributed by atoms with van der Waals surface area (Å²) in [6, 6.07) is 0. The van der Waals surface area contributed by atoms with Crippen LogP contribution in [0.3, 0.4) is 0 Å². The number of unbranched alkanes of at least 4 members (excludes halogenated alkanes) is 4. The van der Waals surface area contributed by atoms with Gasteiger partial charge in [-0.2, -0.15) is 0 Å². The second-order valence-electron chi connectivity index (χ2n) is 6.04. The molecular weight excluding hydrogens is 399 g/mol. The first-order valence-electron chi connectivity index (χ1n) is 8.88. The summed E-state index contributed by atoms with van der Waals surface area (Å²) in [7, 11) is 0. The zero-order valence-corrected chi connectivity index (χ0v) is 19.7. The van der Waals surface area contributed by atoms with Crippen LogP contribution < -0.4 is 0 Å². The van der Waals surface area contributed by atoms with E-state index in [-0.39, 0.29) is 21.1 Å². The van der Waals surface area contributed by atoms with Crippen LogP contribution in [-0.4, -0.2) is 31.1 Å². The first-order valence-corrected chi connectivity index (χ1v) is 14.3. The van der Waals surface area contributed by atoms with E-state index in [1.54, 1.807) is 8.87 Å². The molecule has 0 N–H and O–H groups in total. The molecule has 0 aromatic rings. The van der Waals surface area contributed by atoms with Gasteiger partial charge in [-0.05, 0) is 25.0 Å². The molecule has 0 nitrogen and oxygen atoms in total. The van der Waals surface area contributed by atoms with Crippen LogP contribution in [0.4, 0.5) is 0 Å². The van der Waals surface area contributed by atoms with Crippen molar-refractivity contribution >= 4 is 49.3 Å². The molecule has 21 heavy (non-hydrogen) atoms. The van der Waals surface area contributed by atoms with Gasteiger partial charge in [0.05, 0.1) is 0 Å². The van der Waals surface area contributed by atoms with Crippen molar-refractivity contribution in [1.29, 1.82) is 0 Å². The third-order valence-electron chi connectivity index (χ3n) is 3.15. The number of hydrogen-bond acceptors (Lipinski definition) is 2. The minimum atomic E-state index is 0.149. The Labute approximate surface area is 155 Å². The molecule has 0 aliphatic rings. The molecule has 0 spiro atoms. The fraction of sp³-hybridized carbons (Fsp3) is 0.944. The van der Waals surface area contributed by atoms with E-state index in [4.69, 9.17) is 12.2 Å². The Morgan fingerprint density at radius 1 is 0.952 bits per heavy atom. The Kier molecular flexibility index (Phi) is 24.8. The average molecular weight is 437 g/mol. The van der Waals surface area contributed by atoms with Crippen molar-refractivity contribution in [3.63, 3.8) is 0 Å². The molecule has 0 fully saturated rings. The fourth-order valence-electron chi connectivity index (χ4n) is 1.78. The average Bonchev–Trinajstić information content (AvgIpc) is 2.43. The Morgan fingerprint density at radius 2 is 1.52 bits per heavy atom. The fourth-order valence-corrected chi connectivity index (χ4v) is 6.82. The van der Waals surface area contributed by atoms with Gasteiger partial charge in [-0.1, -0.05) is 45.3 Å². The van der Waals surface area contributed by atoms with Crippen molar-refractivity contribution in [3.05, 3.63) is 0 Å². The summed E-state index contributed by atoms with van der Waals surface area (Å²) in [5.74, 6) is 2.08. The molecule has 0 saturated carbocycles. The van der Waals surface area contributed by atoms with E-state index in [1.807, 2.05) is 18.7 Å². The molecule has 0 saturated heterocycles. The van der Waals surface area contributed by atoms with Crippen molar-refractivity contribution in [2.24, 2.45) is 5.92 Å². The van der Waals surface area contributed by atoms with Crippen LogP contribution in [-0.2, 0) is 0 Å². The minimum absolute atomic E-state index is 0.149. The van der Waals surface area contributed by atoms with E-state index >= 15 is 0 Å². The Bertz CT molecular complexity index is 199. The third kappa shape index (κ3) is 29.8. The topological polar surface area (TPSA) is 0 Å². The zero-order chi connectivity index (χ0) is 16.3. The monoisotopic (exact) mass is 438 g/mol. The van der Waals surface area contributed by atoms with Gasteiger partial charge in [0.1, 0.15) is 0 Å². The van der Waals surface area contributed by atoms with Gasteiger partial charge in [-0.15, -0.1) is 11.8 Å². The summed E-state index contributed by atoms with van der Waals surface area (Å²) in [6.45, 7) is 11.2. The maximum absolute atomic E-state index is 4.98. The summed E-state index contributed by atoms with van der Waals surface area (Å²) < 4.78 is 4.33. The SMILES string of the molecule is CC(=S)SCCCCCC(C)C.CCC[CH2][Sn][CH2]CCC. The summed E-state index contributed by atoms with van der Waals surface area (Å²) in [4.78, 5) is 0. The van der Waals surface area contributed by atoms with Crippen LogP contribution in [0, 0.1) is 5.92 Å². The van der Waals surface area contributed by atoms with Crippen LogP contribution >= 0.6 is 24.0 Å². The predicted molar refractivity (Wildman–Crippen MR) is 109 cm³/mol. The normalized spacial score (nSPS) is 10.4. The molecule has 0 aliphatic carbocycles. The van der Waals surface area contributed by atoms with E-state index in [1.165, 1.54) is 57.1 Å². The predicted octanol–water partition coefficient (Wildman–Crippen LogP) is 7.41. The molecule has 0 aromatic carbocycles. The Balaban J connectivity index is 0. The second kappa shape index (κ2) is 21.2. The standard InChI is InChI=1S/C10H20S2.2C4H9.Sn/c1-9(2)7-5-4-6-8-12-10(3)11;2*1-3-4-2;/h9H,4-8H2,1-3H3;2*1,3-4H2,2H3;. The zero-order valence-electron chi connectivity index (χ0n) is 15.2. The molecule has 0 amide bonds. The van der Waals surface area contributed by atoms with Gasteiger partial charge in [0.2, 0.25) is 0 Å². The van der Waals surface area contributed by atoms with Crippen LogP contribution in [0.5, 0.6) is 0 Å². The van der Waals surface area contributed by atoms with Crippen molar-refractivity contribution < 1.29 is 0 Å². The Morgan fingerprint density at radius 3 is 1.95 bits per heavy atom. The van der Waals surface area contributed by atoms with E-state index in [0.29, 0.717) is 0 Å². The molecule has 0 bridgehead atoms. The van der Waals surface area contributed by atoms with E-state index in [2.05, 4.69) is 27.7 Å². The summed E-state index contributed by atoms with van der Waals surface area (Å²) >= 11 is 6.95. The van der Waals surface area contributed by atoms with Gasteiger partial charge < -0.3 is 0 Å². The maximum atomic E-state index is 4.98. The number of thiocarbonyl (C=S) groups is 1. The molecule has 3 heteroatoms. The molecule has 126 valence electrons. The molecule has 2 radical (unpaired) electrons. The summed E-state index contributed by atoms with van der Waals surface area (Å²) in [5.41, 5.74) is 0. The molecule has 0 aliphatic heterocycles. The molecule has 0 rings (SSSR count). The molecule has 0 atom stereocenters. The van der Waals surface area contributed by atoms with Crippen LogP contribution in [0.2, 0.25) is 8.87 Å². The van der Waals surface area contributed by atoms with Crippen molar-refractivity contribution in [2.45, 2.75) is 94.9 Å². The van der Waals surface area contributed by atoms with E-state index < -0.39 is 0 Å². The van der Waals surface area contributed by atoms with Gasteiger partial charge in [-0.25, -0.2) is 0 Å². The van der Waals surface area contributed by atoms with Crippen molar-refractivity contribution in [3.8, 4) is 0 Å².